The maximum atomic E-state index is 11.5. The van der Waals surface area contributed by atoms with Gasteiger partial charge in [0.05, 0.1) is 10.1 Å². The minimum absolute atomic E-state index is 0.144. The molecule has 0 spiro atoms. The van der Waals surface area contributed by atoms with Crippen LogP contribution in [-0.4, -0.2) is 26.6 Å². The number of rotatable bonds is 8. The van der Waals surface area contributed by atoms with Crippen LogP contribution in [0.15, 0.2) is 12.1 Å². The lowest BCUT2D eigenvalue weighted by atomic mass is 10.3. The van der Waals surface area contributed by atoms with Gasteiger partial charge in [-0.15, -0.1) is 22.9 Å². The Morgan fingerprint density at radius 2 is 2.06 bits per heavy atom. The van der Waals surface area contributed by atoms with E-state index in [1.807, 2.05) is 12.1 Å². The van der Waals surface area contributed by atoms with Crippen molar-refractivity contribution in [2.75, 3.05) is 18.2 Å². The van der Waals surface area contributed by atoms with Gasteiger partial charge in [-0.3, -0.25) is 0 Å². The van der Waals surface area contributed by atoms with Crippen molar-refractivity contribution in [2.45, 2.75) is 19.3 Å². The van der Waals surface area contributed by atoms with Crippen LogP contribution >= 0.6 is 34.5 Å². The molecule has 3 nitrogen and oxygen atoms in total. The molecule has 0 fully saturated rings. The molecule has 1 aromatic rings. The van der Waals surface area contributed by atoms with Crippen LogP contribution in [0.25, 0.3) is 0 Å². The predicted octanol–water partition coefficient (Wildman–Crippen LogP) is 2.88. The molecule has 0 saturated carbocycles. The van der Waals surface area contributed by atoms with Crippen LogP contribution in [0.2, 0.25) is 4.34 Å². The molecule has 7 heteroatoms. The molecule has 0 bridgehead atoms. The fourth-order valence-electron chi connectivity index (χ4n) is 1.27. The topological polar surface area (TPSA) is 46.2 Å². The van der Waals surface area contributed by atoms with Crippen molar-refractivity contribution in [3.8, 4) is 0 Å². The Bertz CT molecular complexity index is 431. The van der Waals surface area contributed by atoms with Gasteiger partial charge in [-0.25, -0.2) is 13.1 Å². The highest BCUT2D eigenvalue weighted by atomic mass is 35.5. The van der Waals surface area contributed by atoms with Crippen LogP contribution in [0.3, 0.4) is 0 Å². The number of alkyl halides is 1. The Labute approximate surface area is 116 Å². The Balaban J connectivity index is 2.25. The number of thiophene rings is 1. The average molecular weight is 316 g/mol. The van der Waals surface area contributed by atoms with Crippen LogP contribution < -0.4 is 4.72 Å². The summed E-state index contributed by atoms with van der Waals surface area (Å²) < 4.78 is 26.3. The summed E-state index contributed by atoms with van der Waals surface area (Å²) in [7, 11) is -3.15. The molecule has 0 aliphatic carbocycles. The van der Waals surface area contributed by atoms with E-state index in [1.165, 1.54) is 11.3 Å². The molecule has 1 N–H and O–H groups in total. The van der Waals surface area contributed by atoms with Gasteiger partial charge in [-0.05, 0) is 31.4 Å². The SMILES string of the molecule is O=S(=O)(CCCCCl)NCCc1ccc(Cl)s1. The summed E-state index contributed by atoms with van der Waals surface area (Å²) in [6, 6.07) is 3.73. The van der Waals surface area contributed by atoms with Gasteiger partial charge >= 0.3 is 0 Å². The first-order chi connectivity index (χ1) is 8.03. The first kappa shape index (κ1) is 15.2. The van der Waals surface area contributed by atoms with Crippen LogP contribution in [0.4, 0.5) is 0 Å². The maximum Gasteiger partial charge on any atom is 0.211 e. The van der Waals surface area contributed by atoms with E-state index in [4.69, 9.17) is 23.2 Å². The zero-order valence-corrected chi connectivity index (χ0v) is 12.4. The molecule has 0 unspecified atom stereocenters. The number of unbranched alkanes of at least 4 members (excludes halogenated alkanes) is 1. The molecular formula is C10H15Cl2NO2S2. The third kappa shape index (κ3) is 6.62. The van der Waals surface area contributed by atoms with Crippen LogP contribution in [0.5, 0.6) is 0 Å². The van der Waals surface area contributed by atoms with E-state index in [-0.39, 0.29) is 5.75 Å². The van der Waals surface area contributed by atoms with Gasteiger partial charge in [-0.2, -0.15) is 0 Å². The van der Waals surface area contributed by atoms with Gasteiger partial charge in [0, 0.05) is 17.3 Å². The standard InChI is InChI=1S/C10H15Cl2NO2S2/c11-6-1-2-8-17(14,15)13-7-5-9-3-4-10(12)16-9/h3-4,13H,1-2,5-8H2. The third-order valence-electron chi connectivity index (χ3n) is 2.12. The van der Waals surface area contributed by atoms with Crippen LogP contribution in [0.1, 0.15) is 17.7 Å². The van der Waals surface area contributed by atoms with E-state index in [0.717, 1.165) is 15.6 Å². The molecular weight excluding hydrogens is 301 g/mol. The number of hydrogen-bond acceptors (Lipinski definition) is 3. The highest BCUT2D eigenvalue weighted by Gasteiger charge is 2.09. The lowest BCUT2D eigenvalue weighted by Gasteiger charge is -2.05. The maximum absolute atomic E-state index is 11.5. The quantitative estimate of drug-likeness (QED) is 0.592. The lowest BCUT2D eigenvalue weighted by Crippen LogP contribution is -2.28. The van der Waals surface area contributed by atoms with Gasteiger partial charge < -0.3 is 0 Å². The molecule has 1 aromatic heterocycles. The third-order valence-corrected chi connectivity index (χ3v) is 5.15. The normalized spacial score (nSPS) is 11.9. The van der Waals surface area contributed by atoms with Gasteiger partial charge in [0.25, 0.3) is 0 Å². The van der Waals surface area contributed by atoms with E-state index in [1.54, 1.807) is 0 Å². The molecule has 0 amide bonds. The number of hydrogen-bond donors (Lipinski definition) is 1. The van der Waals surface area contributed by atoms with Crippen molar-refractivity contribution in [2.24, 2.45) is 0 Å². The number of nitrogens with one attached hydrogen (secondary N) is 1. The summed E-state index contributed by atoms with van der Waals surface area (Å²) in [5.41, 5.74) is 0. The Morgan fingerprint density at radius 1 is 1.29 bits per heavy atom. The minimum Gasteiger partial charge on any atom is -0.215 e. The Morgan fingerprint density at radius 3 is 2.65 bits per heavy atom. The second-order valence-electron chi connectivity index (χ2n) is 3.57. The summed E-state index contributed by atoms with van der Waals surface area (Å²) in [6.07, 6.45) is 2.00. The van der Waals surface area contributed by atoms with Crippen molar-refractivity contribution in [3.05, 3.63) is 21.3 Å². The summed E-state index contributed by atoms with van der Waals surface area (Å²) >= 11 is 12.7. The Hall–Kier alpha value is 0.190. The molecule has 0 saturated heterocycles. The second kappa shape index (κ2) is 7.59. The largest absolute Gasteiger partial charge is 0.215 e. The summed E-state index contributed by atoms with van der Waals surface area (Å²) in [5, 5.41) is 0. The van der Waals surface area contributed by atoms with E-state index < -0.39 is 10.0 Å². The second-order valence-corrected chi connectivity index (χ2v) is 7.67. The first-order valence-electron chi connectivity index (χ1n) is 5.31. The average Bonchev–Trinajstić information content (AvgIpc) is 2.64. The number of sulfonamides is 1. The lowest BCUT2D eigenvalue weighted by molar-refractivity contribution is 0.578. The van der Waals surface area contributed by atoms with E-state index >= 15 is 0 Å². The molecule has 98 valence electrons. The monoisotopic (exact) mass is 315 g/mol. The van der Waals surface area contributed by atoms with Crippen molar-refractivity contribution in [1.29, 1.82) is 0 Å². The van der Waals surface area contributed by atoms with Gasteiger partial charge in [0.2, 0.25) is 10.0 Å². The summed E-state index contributed by atoms with van der Waals surface area (Å²) in [4.78, 5) is 1.08. The van der Waals surface area contributed by atoms with E-state index in [0.29, 0.717) is 25.3 Å². The first-order valence-corrected chi connectivity index (χ1v) is 8.69. The van der Waals surface area contributed by atoms with E-state index in [2.05, 4.69) is 4.72 Å². The van der Waals surface area contributed by atoms with Gasteiger partial charge in [-0.1, -0.05) is 11.6 Å². The molecule has 1 rings (SSSR count). The molecule has 17 heavy (non-hydrogen) atoms. The fourth-order valence-corrected chi connectivity index (χ4v) is 3.69. The Kier molecular flexibility index (Phi) is 6.80. The minimum atomic E-state index is -3.15. The summed E-state index contributed by atoms with van der Waals surface area (Å²) in [5.74, 6) is 0.647. The van der Waals surface area contributed by atoms with Gasteiger partial charge in [0.15, 0.2) is 0 Å². The highest BCUT2D eigenvalue weighted by Crippen LogP contribution is 2.21. The highest BCUT2D eigenvalue weighted by molar-refractivity contribution is 7.89. The summed E-state index contributed by atoms with van der Waals surface area (Å²) in [6.45, 7) is 0.417. The zero-order chi connectivity index (χ0) is 12.7. The van der Waals surface area contributed by atoms with Crippen molar-refractivity contribution < 1.29 is 8.42 Å². The smallest absolute Gasteiger partial charge is 0.211 e. The molecule has 1 heterocycles. The van der Waals surface area contributed by atoms with Crippen molar-refractivity contribution in [3.63, 3.8) is 0 Å². The van der Waals surface area contributed by atoms with Crippen LogP contribution in [0, 0.1) is 0 Å². The molecule has 0 atom stereocenters. The van der Waals surface area contributed by atoms with Gasteiger partial charge in [0.1, 0.15) is 0 Å². The van der Waals surface area contributed by atoms with Crippen LogP contribution in [-0.2, 0) is 16.4 Å². The molecule has 0 aliphatic heterocycles. The fraction of sp³-hybridized carbons (Fsp3) is 0.600. The zero-order valence-electron chi connectivity index (χ0n) is 9.29. The molecule has 0 radical (unpaired) electrons. The van der Waals surface area contributed by atoms with E-state index in [9.17, 15) is 8.42 Å². The van der Waals surface area contributed by atoms with Crippen molar-refractivity contribution >= 4 is 44.6 Å². The number of halogens is 2. The predicted molar refractivity (Wildman–Crippen MR) is 74.8 cm³/mol. The van der Waals surface area contributed by atoms with Crippen molar-refractivity contribution in [1.82, 2.24) is 4.72 Å². The molecule has 0 aromatic carbocycles. The molecule has 0 aliphatic rings.